The summed E-state index contributed by atoms with van der Waals surface area (Å²) in [6.07, 6.45) is 7.14. The third-order valence-electron chi connectivity index (χ3n) is 4.82. The van der Waals surface area contributed by atoms with Gasteiger partial charge < -0.3 is 15.0 Å². The number of fused-ring (bicyclic) bond motifs is 1. The molecule has 0 aliphatic carbocycles. The van der Waals surface area contributed by atoms with E-state index in [0.717, 1.165) is 55.9 Å². The first kappa shape index (κ1) is 16.0. The minimum atomic E-state index is -0.0212. The molecular weight excluding hydrogens is 320 g/mol. The number of hydrogen-bond acceptors (Lipinski definition) is 6. The maximum Gasteiger partial charge on any atom is 0.271 e. The second-order valence-electron chi connectivity index (χ2n) is 6.43. The van der Waals surface area contributed by atoms with Crippen molar-refractivity contribution in [3.63, 3.8) is 0 Å². The van der Waals surface area contributed by atoms with Crippen molar-refractivity contribution in [3.8, 4) is 0 Å². The number of ether oxygens (including phenoxy) is 1. The molecule has 0 bridgehead atoms. The average Bonchev–Trinajstić information content (AvgIpc) is 3.30. The van der Waals surface area contributed by atoms with Crippen molar-refractivity contribution in [2.45, 2.75) is 31.8 Å². The first-order valence-electron chi connectivity index (χ1n) is 8.78. The van der Waals surface area contributed by atoms with Gasteiger partial charge >= 0.3 is 0 Å². The molecule has 132 valence electrons. The van der Waals surface area contributed by atoms with Crippen molar-refractivity contribution in [1.29, 1.82) is 0 Å². The van der Waals surface area contributed by atoms with E-state index in [9.17, 15) is 4.79 Å². The number of aromatic nitrogens is 4. The Morgan fingerprint density at radius 1 is 1.36 bits per heavy atom. The van der Waals surface area contributed by atoms with E-state index < -0.39 is 0 Å². The molecule has 1 fully saturated rings. The highest BCUT2D eigenvalue weighted by Crippen LogP contribution is 2.22. The lowest BCUT2D eigenvalue weighted by Crippen LogP contribution is -2.33. The molecule has 0 spiro atoms. The smallest absolute Gasteiger partial charge is 0.271 e. The molecule has 0 radical (unpaired) electrons. The number of H-pyrrole nitrogens is 1. The number of aromatic amines is 1. The van der Waals surface area contributed by atoms with E-state index >= 15 is 0 Å². The van der Waals surface area contributed by atoms with Crippen molar-refractivity contribution >= 4 is 11.7 Å². The quantitative estimate of drug-likeness (QED) is 0.862. The molecule has 0 aromatic carbocycles. The fraction of sp³-hybridized carbons (Fsp3) is 0.529. The third kappa shape index (κ3) is 3.48. The van der Waals surface area contributed by atoms with Crippen LogP contribution in [0.3, 0.4) is 0 Å². The van der Waals surface area contributed by atoms with Gasteiger partial charge in [-0.05, 0) is 25.3 Å². The van der Waals surface area contributed by atoms with E-state index in [-0.39, 0.29) is 12.0 Å². The number of hydrogen-bond donors (Lipinski definition) is 2. The molecule has 1 saturated heterocycles. The zero-order chi connectivity index (χ0) is 17.1. The molecule has 2 aliphatic heterocycles. The molecule has 4 rings (SSSR count). The number of amides is 1. The lowest BCUT2D eigenvalue weighted by atomic mass is 10.1. The van der Waals surface area contributed by atoms with Gasteiger partial charge in [0.25, 0.3) is 5.91 Å². The SMILES string of the molecule is O=C(c1ccn[nH]1)N1CCc2ncnc(NC[C@@H]3CCCO3)c2CC1. The van der Waals surface area contributed by atoms with E-state index in [4.69, 9.17) is 4.74 Å². The first-order valence-corrected chi connectivity index (χ1v) is 8.78. The number of rotatable bonds is 4. The molecule has 2 N–H and O–H groups in total. The van der Waals surface area contributed by atoms with Gasteiger partial charge in [0, 0.05) is 44.4 Å². The van der Waals surface area contributed by atoms with Crippen molar-refractivity contribution in [1.82, 2.24) is 25.1 Å². The normalized spacial score (nSPS) is 20.2. The van der Waals surface area contributed by atoms with Gasteiger partial charge in [0.05, 0.1) is 11.8 Å². The maximum atomic E-state index is 12.5. The van der Waals surface area contributed by atoms with E-state index in [1.54, 1.807) is 18.6 Å². The van der Waals surface area contributed by atoms with Crippen LogP contribution in [0.15, 0.2) is 18.6 Å². The molecule has 0 saturated carbocycles. The summed E-state index contributed by atoms with van der Waals surface area (Å²) in [5, 5.41) is 10.0. The second kappa shape index (κ2) is 7.18. The molecular formula is C17H22N6O2. The third-order valence-corrected chi connectivity index (χ3v) is 4.82. The Bertz CT molecular complexity index is 727. The first-order chi connectivity index (χ1) is 12.3. The molecule has 2 aromatic rings. The van der Waals surface area contributed by atoms with Gasteiger partial charge in [0.15, 0.2) is 0 Å². The highest BCUT2D eigenvalue weighted by atomic mass is 16.5. The van der Waals surface area contributed by atoms with Gasteiger partial charge in [-0.25, -0.2) is 9.97 Å². The van der Waals surface area contributed by atoms with Gasteiger partial charge in [0.2, 0.25) is 0 Å². The van der Waals surface area contributed by atoms with Crippen LogP contribution in [-0.2, 0) is 17.6 Å². The predicted molar refractivity (Wildman–Crippen MR) is 91.4 cm³/mol. The Balaban J connectivity index is 1.45. The molecule has 8 nitrogen and oxygen atoms in total. The van der Waals surface area contributed by atoms with Crippen LogP contribution >= 0.6 is 0 Å². The standard InChI is InChI=1S/C17H22N6O2/c24-17(15-3-6-21-22-15)23-7-4-13-14(5-8-23)19-11-20-16(13)18-10-12-2-1-9-25-12/h3,6,11-12H,1-2,4-5,7-10H2,(H,21,22)(H,18,19,20)/t12-/m0/s1. The predicted octanol–water partition coefficient (Wildman–Crippen LogP) is 1.03. The summed E-state index contributed by atoms with van der Waals surface area (Å²) in [6.45, 7) is 2.90. The Labute approximate surface area is 146 Å². The Morgan fingerprint density at radius 2 is 2.28 bits per heavy atom. The van der Waals surface area contributed by atoms with Crippen LogP contribution in [0.5, 0.6) is 0 Å². The van der Waals surface area contributed by atoms with Crippen molar-refractivity contribution in [2.24, 2.45) is 0 Å². The highest BCUT2D eigenvalue weighted by molar-refractivity contribution is 5.92. The Morgan fingerprint density at radius 3 is 3.08 bits per heavy atom. The highest BCUT2D eigenvalue weighted by Gasteiger charge is 2.24. The molecule has 2 aromatic heterocycles. The maximum absolute atomic E-state index is 12.5. The zero-order valence-electron chi connectivity index (χ0n) is 14.1. The van der Waals surface area contributed by atoms with Gasteiger partial charge in [0.1, 0.15) is 17.8 Å². The number of nitrogens with one attached hydrogen (secondary N) is 2. The van der Waals surface area contributed by atoms with Gasteiger partial charge in [-0.1, -0.05) is 0 Å². The largest absolute Gasteiger partial charge is 0.376 e. The zero-order valence-corrected chi connectivity index (χ0v) is 14.1. The molecule has 1 amide bonds. The number of nitrogens with zero attached hydrogens (tertiary/aromatic N) is 4. The van der Waals surface area contributed by atoms with E-state index in [0.29, 0.717) is 18.8 Å². The fourth-order valence-corrected chi connectivity index (χ4v) is 3.44. The monoisotopic (exact) mass is 342 g/mol. The fourth-order valence-electron chi connectivity index (χ4n) is 3.44. The van der Waals surface area contributed by atoms with Crippen molar-refractivity contribution < 1.29 is 9.53 Å². The van der Waals surface area contributed by atoms with Crippen LogP contribution in [0.25, 0.3) is 0 Å². The van der Waals surface area contributed by atoms with Crippen molar-refractivity contribution in [2.75, 3.05) is 31.6 Å². The summed E-state index contributed by atoms with van der Waals surface area (Å²) in [4.78, 5) is 23.2. The number of carbonyl (C=O) groups excluding carboxylic acids is 1. The van der Waals surface area contributed by atoms with E-state index in [1.165, 1.54) is 0 Å². The number of anilines is 1. The van der Waals surface area contributed by atoms with Gasteiger partial charge in [-0.2, -0.15) is 5.10 Å². The van der Waals surface area contributed by atoms with Crippen LogP contribution < -0.4 is 5.32 Å². The topological polar surface area (TPSA) is 96.0 Å². The molecule has 8 heteroatoms. The molecule has 1 atom stereocenters. The molecule has 0 unspecified atom stereocenters. The lowest BCUT2D eigenvalue weighted by molar-refractivity contribution is 0.0757. The minimum Gasteiger partial charge on any atom is -0.376 e. The summed E-state index contributed by atoms with van der Waals surface area (Å²) < 4.78 is 5.67. The Hall–Kier alpha value is -2.48. The Kier molecular flexibility index (Phi) is 4.60. The number of carbonyl (C=O) groups is 1. The van der Waals surface area contributed by atoms with Gasteiger partial charge in [-0.15, -0.1) is 0 Å². The lowest BCUT2D eigenvalue weighted by Gasteiger charge is -2.19. The van der Waals surface area contributed by atoms with Crippen LogP contribution in [0.2, 0.25) is 0 Å². The van der Waals surface area contributed by atoms with Crippen molar-refractivity contribution in [3.05, 3.63) is 35.5 Å². The summed E-state index contributed by atoms with van der Waals surface area (Å²) in [5.74, 6) is 0.850. The van der Waals surface area contributed by atoms with Crippen LogP contribution in [0.4, 0.5) is 5.82 Å². The molecule has 4 heterocycles. The summed E-state index contributed by atoms with van der Waals surface area (Å²) in [7, 11) is 0. The average molecular weight is 342 g/mol. The van der Waals surface area contributed by atoms with Crippen LogP contribution in [-0.4, -0.2) is 63.3 Å². The summed E-state index contributed by atoms with van der Waals surface area (Å²) >= 11 is 0. The summed E-state index contributed by atoms with van der Waals surface area (Å²) in [6, 6.07) is 1.70. The molecule has 2 aliphatic rings. The summed E-state index contributed by atoms with van der Waals surface area (Å²) in [5.41, 5.74) is 2.65. The molecule has 25 heavy (non-hydrogen) atoms. The van der Waals surface area contributed by atoms with Crippen LogP contribution in [0.1, 0.15) is 34.6 Å². The van der Waals surface area contributed by atoms with Gasteiger partial charge in [-0.3, -0.25) is 9.89 Å². The minimum absolute atomic E-state index is 0.0212. The van der Waals surface area contributed by atoms with E-state index in [1.807, 2.05) is 4.90 Å². The van der Waals surface area contributed by atoms with Crippen LogP contribution in [0, 0.1) is 0 Å². The second-order valence-corrected chi connectivity index (χ2v) is 6.43. The van der Waals surface area contributed by atoms with E-state index in [2.05, 4.69) is 25.5 Å².